The molecule has 3 heterocycles. The first-order chi connectivity index (χ1) is 35.6. The third-order valence-corrected chi connectivity index (χ3v) is 15.1. The van der Waals surface area contributed by atoms with Crippen LogP contribution >= 0.6 is 0 Å². The average molecular weight is 981 g/mol. The second-order valence-corrected chi connectivity index (χ2v) is 24.6. The number of fused-ring (bicyclic) bond motifs is 4. The molecule has 75 heavy (non-hydrogen) atoms. The lowest BCUT2D eigenvalue weighted by molar-refractivity contribution is 0.477. The molecule has 0 spiro atoms. The van der Waals surface area contributed by atoms with Gasteiger partial charge in [0.2, 0.25) is 0 Å². The van der Waals surface area contributed by atoms with E-state index in [1.807, 2.05) is 24.4 Å². The molecule has 0 saturated carbocycles. The van der Waals surface area contributed by atoms with Crippen LogP contribution in [0.1, 0.15) is 105 Å². The van der Waals surface area contributed by atoms with Crippen LogP contribution in [-0.4, -0.2) is 24.2 Å². The molecule has 0 aliphatic heterocycles. The van der Waals surface area contributed by atoms with Gasteiger partial charge >= 0.3 is 0 Å². The van der Waals surface area contributed by atoms with E-state index in [2.05, 4.69) is 250 Å². The molecule has 11 aromatic rings. The minimum Gasteiger partial charge on any atom is -0.507 e. The highest BCUT2D eigenvalue weighted by Crippen LogP contribution is 2.46. The summed E-state index contributed by atoms with van der Waals surface area (Å²) in [5.74, 6) is 0.847. The van der Waals surface area contributed by atoms with Gasteiger partial charge in [0.05, 0.1) is 39.0 Å². The zero-order valence-corrected chi connectivity index (χ0v) is 45.6. The Morgan fingerprint density at radius 1 is 0.387 bits per heavy atom. The molecule has 0 bridgehead atoms. The monoisotopic (exact) mass is 981 g/mol. The number of pyridine rings is 1. The molecular weight excluding hydrogens is 913 g/mol. The summed E-state index contributed by atoms with van der Waals surface area (Å²) in [6, 6.07) is 65.5. The third kappa shape index (κ3) is 9.03. The predicted octanol–water partition coefficient (Wildman–Crippen LogP) is 18.7. The van der Waals surface area contributed by atoms with Crippen LogP contribution in [0.25, 0.3) is 100 Å². The number of para-hydroxylation sites is 3. The Morgan fingerprint density at radius 3 is 1.67 bits per heavy atom. The zero-order chi connectivity index (χ0) is 52.8. The molecule has 8 aromatic carbocycles. The summed E-state index contributed by atoms with van der Waals surface area (Å²) in [5.41, 5.74) is 20.0. The highest BCUT2D eigenvalue weighted by Gasteiger charge is 2.27. The van der Waals surface area contributed by atoms with Crippen LogP contribution in [0.4, 0.5) is 0 Å². The van der Waals surface area contributed by atoms with Crippen LogP contribution < -0.4 is 0 Å². The highest BCUT2D eigenvalue weighted by molar-refractivity contribution is 6.14. The molecule has 0 aliphatic carbocycles. The standard InChI is InChI=1S/C70H68N4O/c1-67(2,3)48-30-32-60(55(40-48)44-22-15-13-16-23-44)74-62-28-21-27-53(64(62)72-66(74)54-26-19-20-29-63(54)75)46-36-47(38-50(37-46)69(7,8)9)59-39-45(34-35-71-59)56-42-51(70(10,11)12)43-58-57-41-49(68(4,5)6)31-33-61(57)73(65(56)58)52-24-17-14-18-25-52/h13-43,75H,1-12H3. The van der Waals surface area contributed by atoms with Crippen LogP contribution in [0.3, 0.4) is 0 Å². The van der Waals surface area contributed by atoms with Crippen LogP contribution in [0, 0.1) is 0 Å². The predicted molar refractivity (Wildman–Crippen MR) is 317 cm³/mol. The van der Waals surface area contributed by atoms with Gasteiger partial charge in [-0.05, 0) is 152 Å². The van der Waals surface area contributed by atoms with Crippen molar-refractivity contribution in [2.75, 3.05) is 0 Å². The number of rotatable bonds is 7. The lowest BCUT2D eigenvalue weighted by atomic mass is 9.83. The normalized spacial score (nSPS) is 12.6. The number of imidazole rings is 1. The Bertz CT molecular complexity index is 3980. The maximum atomic E-state index is 11.6. The number of phenols is 1. The van der Waals surface area contributed by atoms with Gasteiger partial charge in [0.25, 0.3) is 0 Å². The van der Waals surface area contributed by atoms with E-state index in [9.17, 15) is 5.11 Å². The van der Waals surface area contributed by atoms with Gasteiger partial charge in [-0.1, -0.05) is 174 Å². The lowest BCUT2D eigenvalue weighted by Crippen LogP contribution is -2.12. The molecule has 5 heteroatoms. The molecular formula is C70H68N4O. The van der Waals surface area contributed by atoms with Gasteiger partial charge in [-0.2, -0.15) is 0 Å². The number of aromatic hydroxyl groups is 1. The maximum Gasteiger partial charge on any atom is 0.149 e. The molecule has 0 aliphatic rings. The van der Waals surface area contributed by atoms with E-state index in [0.717, 1.165) is 61.5 Å². The van der Waals surface area contributed by atoms with E-state index in [1.165, 1.54) is 49.6 Å². The van der Waals surface area contributed by atoms with Crippen molar-refractivity contribution in [2.45, 2.75) is 105 Å². The van der Waals surface area contributed by atoms with Crippen molar-refractivity contribution in [3.8, 4) is 73.2 Å². The summed E-state index contributed by atoms with van der Waals surface area (Å²) < 4.78 is 4.70. The van der Waals surface area contributed by atoms with E-state index in [4.69, 9.17) is 9.97 Å². The van der Waals surface area contributed by atoms with Crippen molar-refractivity contribution in [3.05, 3.63) is 210 Å². The van der Waals surface area contributed by atoms with Crippen molar-refractivity contribution in [3.63, 3.8) is 0 Å². The Morgan fingerprint density at radius 2 is 0.973 bits per heavy atom. The topological polar surface area (TPSA) is 55.9 Å². The Kier molecular flexibility index (Phi) is 11.9. The minimum atomic E-state index is -0.189. The lowest BCUT2D eigenvalue weighted by Gasteiger charge is -2.23. The third-order valence-electron chi connectivity index (χ3n) is 15.1. The molecule has 374 valence electrons. The van der Waals surface area contributed by atoms with E-state index < -0.39 is 0 Å². The van der Waals surface area contributed by atoms with Crippen molar-refractivity contribution < 1.29 is 5.11 Å². The maximum absolute atomic E-state index is 11.6. The Hall–Kier alpha value is -8.02. The van der Waals surface area contributed by atoms with Gasteiger partial charge in [-0.3, -0.25) is 9.55 Å². The van der Waals surface area contributed by atoms with Gasteiger partial charge < -0.3 is 9.67 Å². The number of aromatic nitrogens is 4. The molecule has 0 unspecified atom stereocenters. The van der Waals surface area contributed by atoms with Crippen LogP contribution in [0.2, 0.25) is 0 Å². The summed E-state index contributed by atoms with van der Waals surface area (Å²) in [5, 5.41) is 14.1. The van der Waals surface area contributed by atoms with Gasteiger partial charge in [0.1, 0.15) is 11.6 Å². The van der Waals surface area contributed by atoms with Gasteiger partial charge in [0.15, 0.2) is 0 Å². The zero-order valence-electron chi connectivity index (χ0n) is 45.6. The molecule has 0 radical (unpaired) electrons. The molecule has 0 saturated heterocycles. The highest BCUT2D eigenvalue weighted by atomic mass is 16.3. The number of hydrogen-bond donors (Lipinski definition) is 1. The van der Waals surface area contributed by atoms with Crippen molar-refractivity contribution in [1.82, 2.24) is 19.1 Å². The summed E-state index contributed by atoms with van der Waals surface area (Å²) in [4.78, 5) is 10.7. The minimum absolute atomic E-state index is 0.0107. The molecule has 0 atom stereocenters. The van der Waals surface area contributed by atoms with E-state index in [1.54, 1.807) is 6.07 Å². The average Bonchev–Trinajstić information content (AvgIpc) is 4.05. The van der Waals surface area contributed by atoms with Crippen molar-refractivity contribution in [2.24, 2.45) is 0 Å². The summed E-state index contributed by atoms with van der Waals surface area (Å²) in [6.07, 6.45) is 1.98. The number of benzene rings is 8. The fourth-order valence-electron chi connectivity index (χ4n) is 10.7. The molecule has 3 aromatic heterocycles. The quantitative estimate of drug-likeness (QED) is 0.173. The van der Waals surface area contributed by atoms with Crippen molar-refractivity contribution in [1.29, 1.82) is 0 Å². The number of hydrogen-bond acceptors (Lipinski definition) is 3. The Labute approximate surface area is 443 Å². The first kappa shape index (κ1) is 49.2. The smallest absolute Gasteiger partial charge is 0.149 e. The molecule has 5 nitrogen and oxygen atoms in total. The fraction of sp³-hybridized carbons (Fsp3) is 0.229. The first-order valence-electron chi connectivity index (χ1n) is 26.4. The van der Waals surface area contributed by atoms with Crippen LogP contribution in [0.15, 0.2) is 188 Å². The van der Waals surface area contributed by atoms with Gasteiger partial charge in [-0.25, -0.2) is 4.98 Å². The van der Waals surface area contributed by atoms with E-state index in [0.29, 0.717) is 11.4 Å². The summed E-state index contributed by atoms with van der Waals surface area (Å²) >= 11 is 0. The first-order valence-corrected chi connectivity index (χ1v) is 26.4. The summed E-state index contributed by atoms with van der Waals surface area (Å²) in [6.45, 7) is 27.4. The molecule has 1 N–H and O–H groups in total. The second-order valence-electron chi connectivity index (χ2n) is 24.6. The van der Waals surface area contributed by atoms with Crippen LogP contribution in [-0.2, 0) is 21.7 Å². The van der Waals surface area contributed by atoms with Gasteiger partial charge in [0, 0.05) is 44.9 Å². The molecule has 0 fully saturated rings. The number of phenolic OH excluding ortho intramolecular Hbond substituents is 1. The van der Waals surface area contributed by atoms with Crippen molar-refractivity contribution >= 4 is 32.8 Å². The second kappa shape index (κ2) is 18.1. The Balaban J connectivity index is 1.14. The largest absolute Gasteiger partial charge is 0.507 e. The van der Waals surface area contributed by atoms with E-state index in [-0.39, 0.29) is 27.4 Å². The molecule has 0 amide bonds. The fourth-order valence-corrected chi connectivity index (χ4v) is 10.7. The van der Waals surface area contributed by atoms with E-state index >= 15 is 0 Å². The number of nitrogens with zero attached hydrogens (tertiary/aromatic N) is 4. The van der Waals surface area contributed by atoms with Crippen LogP contribution in [0.5, 0.6) is 5.75 Å². The summed E-state index contributed by atoms with van der Waals surface area (Å²) in [7, 11) is 0. The molecule has 11 rings (SSSR count). The SMILES string of the molecule is CC(C)(C)c1cc(-c2cc(-c3cc(C(C)(C)C)cc4c5cc(C(C)(C)C)ccc5n(-c5ccccc5)c34)ccn2)cc(-c2cccc3c2nc(-c2ccccc2O)n3-c2ccc(C(C)(C)C)cc2-c2ccccc2)c1. The van der Waals surface area contributed by atoms with Gasteiger partial charge in [-0.15, -0.1) is 0 Å².